The van der Waals surface area contributed by atoms with Gasteiger partial charge >= 0.3 is 0 Å². The molecule has 6 nitrogen and oxygen atoms in total. The summed E-state index contributed by atoms with van der Waals surface area (Å²) < 4.78 is 44.8. The lowest BCUT2D eigenvalue weighted by Gasteiger charge is -2.10. The largest absolute Gasteiger partial charge is 0.492 e. The molecule has 0 aliphatic carbocycles. The van der Waals surface area contributed by atoms with E-state index in [1.165, 1.54) is 18.9 Å². The monoisotopic (exact) mass is 338 g/mol. The zero-order chi connectivity index (χ0) is 15.9. The van der Waals surface area contributed by atoms with Gasteiger partial charge in [-0.1, -0.05) is 0 Å². The Morgan fingerprint density at radius 1 is 1.43 bits per heavy atom. The van der Waals surface area contributed by atoms with E-state index in [2.05, 4.69) is 4.72 Å². The topological polar surface area (TPSA) is 102 Å². The Morgan fingerprint density at radius 2 is 2.14 bits per heavy atom. The molecular weight excluding hydrogens is 319 g/mol. The summed E-state index contributed by atoms with van der Waals surface area (Å²) in [6, 6.07) is 2.03. The molecule has 0 amide bonds. The third-order valence-corrected chi connectivity index (χ3v) is 5.06. The minimum atomic E-state index is -3.81. The van der Waals surface area contributed by atoms with E-state index in [-0.39, 0.29) is 29.5 Å². The number of hydrogen-bond acceptors (Lipinski definition) is 6. The summed E-state index contributed by atoms with van der Waals surface area (Å²) in [4.78, 5) is -0.237. The van der Waals surface area contributed by atoms with Crippen LogP contribution in [0.3, 0.4) is 0 Å². The molecule has 4 N–H and O–H groups in total. The van der Waals surface area contributed by atoms with Crippen molar-refractivity contribution < 1.29 is 22.7 Å². The number of thioether (sulfide) groups is 1. The van der Waals surface area contributed by atoms with Crippen LogP contribution in [0.2, 0.25) is 0 Å². The number of nitrogen functional groups attached to an aromatic ring is 1. The van der Waals surface area contributed by atoms with Crippen LogP contribution >= 0.6 is 11.8 Å². The number of aliphatic hydroxyl groups is 1. The maximum Gasteiger partial charge on any atom is 0.240 e. The molecule has 0 saturated carbocycles. The van der Waals surface area contributed by atoms with E-state index in [4.69, 9.17) is 15.6 Å². The van der Waals surface area contributed by atoms with E-state index in [1.54, 1.807) is 0 Å². The Balaban J connectivity index is 2.66. The molecule has 0 aliphatic heterocycles. The maximum absolute atomic E-state index is 13.6. The molecular formula is C12H19FN2O4S2. The normalized spacial score (nSPS) is 11.6. The lowest BCUT2D eigenvalue weighted by Crippen LogP contribution is -2.26. The Morgan fingerprint density at radius 3 is 2.71 bits per heavy atom. The first-order valence-electron chi connectivity index (χ1n) is 6.23. The van der Waals surface area contributed by atoms with Gasteiger partial charge in [0, 0.05) is 18.9 Å². The van der Waals surface area contributed by atoms with Crippen molar-refractivity contribution >= 4 is 27.5 Å². The minimum Gasteiger partial charge on any atom is -0.492 e. The smallest absolute Gasteiger partial charge is 0.240 e. The van der Waals surface area contributed by atoms with Crippen LogP contribution in [0.4, 0.5) is 10.1 Å². The van der Waals surface area contributed by atoms with Crippen LogP contribution in [0.25, 0.3) is 0 Å². The van der Waals surface area contributed by atoms with E-state index in [0.717, 1.165) is 17.9 Å². The third kappa shape index (κ3) is 5.34. The summed E-state index contributed by atoms with van der Waals surface area (Å²) in [6.45, 7) is 0.328. The molecule has 0 unspecified atom stereocenters. The number of hydrogen-bond donors (Lipinski definition) is 3. The highest BCUT2D eigenvalue weighted by atomic mass is 32.2. The average Bonchev–Trinajstić information content (AvgIpc) is 2.42. The summed E-state index contributed by atoms with van der Waals surface area (Å²) in [5.41, 5.74) is 5.48. The van der Waals surface area contributed by atoms with Gasteiger partial charge in [-0.25, -0.2) is 17.5 Å². The first-order chi connectivity index (χ1) is 9.92. The van der Waals surface area contributed by atoms with Gasteiger partial charge in [0.1, 0.15) is 0 Å². The van der Waals surface area contributed by atoms with Crippen LogP contribution < -0.4 is 15.2 Å². The number of rotatable bonds is 9. The zero-order valence-electron chi connectivity index (χ0n) is 11.6. The highest BCUT2D eigenvalue weighted by Gasteiger charge is 2.18. The lowest BCUT2D eigenvalue weighted by molar-refractivity contribution is 0.296. The standard InChI is InChI=1S/C12H19FN2O4S2/c1-19-12-10(13)7-9(8-11(12)14)21(17,18)15-3-6-20-5-2-4-16/h7-8,15-16H,2-6,14H2,1H3. The molecule has 0 aliphatic rings. The number of ether oxygens (including phenoxy) is 1. The van der Waals surface area contributed by atoms with Crippen LogP contribution in [-0.4, -0.2) is 45.3 Å². The quantitative estimate of drug-likeness (QED) is 0.455. The van der Waals surface area contributed by atoms with Gasteiger partial charge < -0.3 is 15.6 Å². The Bertz CT molecular complexity index is 543. The molecule has 0 atom stereocenters. The van der Waals surface area contributed by atoms with Crippen molar-refractivity contribution in [3.8, 4) is 5.75 Å². The third-order valence-electron chi connectivity index (χ3n) is 2.55. The molecule has 0 spiro atoms. The van der Waals surface area contributed by atoms with Gasteiger partial charge in [-0.15, -0.1) is 0 Å². The number of sulfonamides is 1. The molecule has 120 valence electrons. The summed E-state index contributed by atoms with van der Waals surface area (Å²) in [5.74, 6) is 0.319. The number of methoxy groups -OCH3 is 1. The fraction of sp³-hybridized carbons (Fsp3) is 0.500. The summed E-state index contributed by atoms with van der Waals surface area (Å²) in [5, 5.41) is 8.61. The van der Waals surface area contributed by atoms with Crippen LogP contribution in [0.15, 0.2) is 17.0 Å². The second kappa shape index (κ2) is 8.42. The van der Waals surface area contributed by atoms with Crippen molar-refractivity contribution in [3.63, 3.8) is 0 Å². The van der Waals surface area contributed by atoms with Crippen LogP contribution in [0, 0.1) is 5.82 Å². The molecule has 0 radical (unpaired) electrons. The van der Waals surface area contributed by atoms with Crippen molar-refractivity contribution in [3.05, 3.63) is 17.9 Å². The summed E-state index contributed by atoms with van der Waals surface area (Å²) in [7, 11) is -2.56. The fourth-order valence-electron chi connectivity index (χ4n) is 1.56. The highest BCUT2D eigenvalue weighted by Crippen LogP contribution is 2.28. The van der Waals surface area contributed by atoms with Crippen LogP contribution in [0.1, 0.15) is 6.42 Å². The van der Waals surface area contributed by atoms with Crippen LogP contribution in [-0.2, 0) is 10.0 Å². The molecule has 1 aromatic rings. The number of nitrogens with two attached hydrogens (primary N) is 1. The fourth-order valence-corrected chi connectivity index (χ4v) is 3.55. The van der Waals surface area contributed by atoms with Gasteiger partial charge in [0.15, 0.2) is 11.6 Å². The molecule has 0 bridgehead atoms. The molecule has 1 rings (SSSR count). The van der Waals surface area contributed by atoms with E-state index >= 15 is 0 Å². The van der Waals surface area contributed by atoms with Crippen molar-refractivity contribution in [2.45, 2.75) is 11.3 Å². The number of benzene rings is 1. The van der Waals surface area contributed by atoms with E-state index < -0.39 is 15.8 Å². The summed E-state index contributed by atoms with van der Waals surface area (Å²) in [6.07, 6.45) is 0.664. The molecule has 9 heteroatoms. The highest BCUT2D eigenvalue weighted by molar-refractivity contribution is 7.99. The van der Waals surface area contributed by atoms with Gasteiger partial charge in [-0.2, -0.15) is 11.8 Å². The van der Waals surface area contributed by atoms with Crippen molar-refractivity contribution in [1.29, 1.82) is 0 Å². The Kier molecular flexibility index (Phi) is 7.23. The second-order valence-corrected chi connectivity index (χ2v) is 7.11. The molecule has 0 fully saturated rings. The molecule has 21 heavy (non-hydrogen) atoms. The van der Waals surface area contributed by atoms with Gasteiger partial charge in [0.2, 0.25) is 10.0 Å². The van der Waals surface area contributed by atoms with Crippen molar-refractivity contribution in [2.75, 3.05) is 37.5 Å². The van der Waals surface area contributed by atoms with Gasteiger partial charge in [0.25, 0.3) is 0 Å². The number of aliphatic hydroxyl groups excluding tert-OH is 1. The molecule has 0 heterocycles. The lowest BCUT2D eigenvalue weighted by atomic mass is 10.3. The van der Waals surface area contributed by atoms with Gasteiger partial charge in [-0.05, 0) is 24.3 Å². The number of nitrogens with one attached hydrogen (secondary N) is 1. The Labute approximate surface area is 127 Å². The predicted octanol–water partition coefficient (Wildman–Crippen LogP) is 0.810. The summed E-state index contributed by atoms with van der Waals surface area (Å²) >= 11 is 1.52. The Hall–Kier alpha value is -1.03. The van der Waals surface area contributed by atoms with E-state index in [1.807, 2.05) is 0 Å². The number of halogens is 1. The van der Waals surface area contributed by atoms with Crippen molar-refractivity contribution in [1.82, 2.24) is 4.72 Å². The molecule has 0 aromatic heterocycles. The molecule has 0 saturated heterocycles. The average molecular weight is 338 g/mol. The van der Waals surface area contributed by atoms with Crippen LogP contribution in [0.5, 0.6) is 5.75 Å². The number of anilines is 1. The zero-order valence-corrected chi connectivity index (χ0v) is 13.3. The van der Waals surface area contributed by atoms with Gasteiger partial charge in [0.05, 0.1) is 17.7 Å². The minimum absolute atomic E-state index is 0.0739. The first kappa shape index (κ1) is 18.0. The SMILES string of the molecule is COc1c(N)cc(S(=O)(=O)NCCSCCCO)cc1F. The van der Waals surface area contributed by atoms with E-state index in [0.29, 0.717) is 12.2 Å². The first-order valence-corrected chi connectivity index (χ1v) is 8.87. The maximum atomic E-state index is 13.6. The molecule has 1 aromatic carbocycles. The van der Waals surface area contributed by atoms with E-state index in [9.17, 15) is 12.8 Å². The second-order valence-electron chi connectivity index (χ2n) is 4.11. The van der Waals surface area contributed by atoms with Gasteiger partial charge in [-0.3, -0.25) is 0 Å². The van der Waals surface area contributed by atoms with Crippen molar-refractivity contribution in [2.24, 2.45) is 0 Å². The predicted molar refractivity (Wildman–Crippen MR) is 81.6 cm³/mol.